The number of ether oxygens (including phenoxy) is 2. The lowest BCUT2D eigenvalue weighted by atomic mass is 9.96. The number of morpholine rings is 1. The van der Waals surface area contributed by atoms with Crippen molar-refractivity contribution < 1.29 is 18.7 Å². The molecule has 40 heavy (non-hydrogen) atoms. The predicted octanol–water partition coefficient (Wildman–Crippen LogP) is 2.03. The van der Waals surface area contributed by atoms with Crippen molar-refractivity contribution >= 4 is 16.6 Å². The number of carbonyl (C=O) groups excluding carboxylic acids is 1. The predicted molar refractivity (Wildman–Crippen MR) is 145 cm³/mol. The van der Waals surface area contributed by atoms with E-state index < -0.39 is 11.6 Å². The van der Waals surface area contributed by atoms with Gasteiger partial charge in [-0.05, 0) is 23.8 Å². The molecule has 0 atom stereocenters. The van der Waals surface area contributed by atoms with Crippen molar-refractivity contribution in [1.29, 1.82) is 0 Å². The minimum Gasteiger partial charge on any atom is -0.462 e. The Morgan fingerprint density at radius 3 is 2.77 bits per heavy atom. The molecule has 10 nitrogen and oxygen atoms in total. The summed E-state index contributed by atoms with van der Waals surface area (Å²) in [5, 5.41) is 11.2. The first-order valence-corrected chi connectivity index (χ1v) is 13.4. The van der Waals surface area contributed by atoms with Crippen molar-refractivity contribution in [2.75, 3.05) is 46.0 Å². The molecule has 0 unspecified atom stereocenters. The van der Waals surface area contributed by atoms with E-state index >= 15 is 4.39 Å². The van der Waals surface area contributed by atoms with Crippen molar-refractivity contribution in [2.45, 2.75) is 19.4 Å². The van der Waals surface area contributed by atoms with Gasteiger partial charge in [0.15, 0.2) is 0 Å². The average Bonchev–Trinajstić information content (AvgIpc) is 2.99. The van der Waals surface area contributed by atoms with Gasteiger partial charge < -0.3 is 14.8 Å². The van der Waals surface area contributed by atoms with Gasteiger partial charge >= 0.3 is 6.01 Å². The summed E-state index contributed by atoms with van der Waals surface area (Å²) in [5.74, 6) is -1.17. The molecule has 2 aromatic carbocycles. The van der Waals surface area contributed by atoms with Crippen LogP contribution in [0.3, 0.4) is 0 Å². The number of halogens is 1. The second-order valence-corrected chi connectivity index (χ2v) is 9.87. The second kappa shape index (κ2) is 11.6. The highest BCUT2D eigenvalue weighted by Crippen LogP contribution is 2.24. The van der Waals surface area contributed by atoms with E-state index in [-0.39, 0.29) is 22.8 Å². The highest BCUT2D eigenvalue weighted by molar-refractivity contribution is 6.09. The Hall–Kier alpha value is -4.06. The van der Waals surface area contributed by atoms with Crippen molar-refractivity contribution in [3.8, 4) is 6.01 Å². The standard InChI is InChI=1S/C29H29FN6O4/c30-23-6-5-18(16-25-19-3-1-2-4-20(19)28(38)35-34-25)15-21(23)27(37)26-22-17-31-8-7-24(22)32-29(33-26)40-14-11-36-9-12-39-13-10-36/h1-6,15,31H,7-14,16-17H2,(H,35,38). The molecule has 0 amide bonds. The van der Waals surface area contributed by atoms with Crippen LogP contribution in [0.4, 0.5) is 4.39 Å². The molecule has 1 fully saturated rings. The third-order valence-corrected chi connectivity index (χ3v) is 7.29. The highest BCUT2D eigenvalue weighted by Gasteiger charge is 2.26. The maximum Gasteiger partial charge on any atom is 0.317 e. The molecule has 1 saturated heterocycles. The zero-order chi connectivity index (χ0) is 27.5. The van der Waals surface area contributed by atoms with Crippen molar-refractivity contribution in [3.05, 3.63) is 92.4 Å². The first kappa shape index (κ1) is 26.2. The maximum atomic E-state index is 15.1. The fourth-order valence-electron chi connectivity index (χ4n) is 5.15. The van der Waals surface area contributed by atoms with E-state index in [9.17, 15) is 9.59 Å². The number of carbonyl (C=O) groups is 1. The molecule has 2 aromatic heterocycles. The lowest BCUT2D eigenvalue weighted by molar-refractivity contribution is 0.0316. The topological polar surface area (TPSA) is 122 Å². The molecule has 4 aromatic rings. The van der Waals surface area contributed by atoms with E-state index in [4.69, 9.17) is 9.47 Å². The number of aromatic amines is 1. The van der Waals surface area contributed by atoms with Crippen molar-refractivity contribution in [3.63, 3.8) is 0 Å². The summed E-state index contributed by atoms with van der Waals surface area (Å²) in [7, 11) is 0. The Labute approximate surface area is 229 Å². The normalized spacial score (nSPS) is 15.6. The Kier molecular flexibility index (Phi) is 7.58. The van der Waals surface area contributed by atoms with Crippen molar-refractivity contribution in [1.82, 2.24) is 30.4 Å². The molecular weight excluding hydrogens is 515 g/mol. The number of aromatic nitrogens is 4. The maximum absolute atomic E-state index is 15.1. The zero-order valence-corrected chi connectivity index (χ0v) is 21.9. The summed E-state index contributed by atoms with van der Waals surface area (Å²) < 4.78 is 26.4. The molecule has 6 rings (SSSR count). The van der Waals surface area contributed by atoms with Gasteiger partial charge in [0.05, 0.1) is 35.6 Å². The number of benzene rings is 2. The number of hydrogen-bond acceptors (Lipinski definition) is 9. The second-order valence-electron chi connectivity index (χ2n) is 9.87. The van der Waals surface area contributed by atoms with Crippen LogP contribution >= 0.6 is 0 Å². The van der Waals surface area contributed by atoms with Crippen LogP contribution in [0.15, 0.2) is 47.3 Å². The van der Waals surface area contributed by atoms with Gasteiger partial charge in [0.2, 0.25) is 5.78 Å². The minimum absolute atomic E-state index is 0.0861. The summed E-state index contributed by atoms with van der Waals surface area (Å²) in [6, 6.07) is 11.7. The first-order chi connectivity index (χ1) is 19.6. The van der Waals surface area contributed by atoms with E-state index in [0.29, 0.717) is 73.3 Å². The quantitative estimate of drug-likeness (QED) is 0.321. The number of rotatable bonds is 8. The molecule has 11 heteroatoms. The van der Waals surface area contributed by atoms with Crippen LogP contribution in [0, 0.1) is 5.82 Å². The van der Waals surface area contributed by atoms with Gasteiger partial charge in [-0.2, -0.15) is 15.1 Å². The van der Waals surface area contributed by atoms with E-state index in [1.165, 1.54) is 12.1 Å². The Balaban J connectivity index is 1.28. The van der Waals surface area contributed by atoms with E-state index in [2.05, 4.69) is 30.4 Å². The van der Waals surface area contributed by atoms with Crippen LogP contribution in [-0.2, 0) is 24.1 Å². The van der Waals surface area contributed by atoms with E-state index in [0.717, 1.165) is 25.3 Å². The van der Waals surface area contributed by atoms with Crippen LogP contribution in [0.5, 0.6) is 6.01 Å². The third kappa shape index (κ3) is 5.48. The number of ketones is 1. The summed E-state index contributed by atoms with van der Waals surface area (Å²) in [5.41, 5.74) is 2.48. The lowest BCUT2D eigenvalue weighted by Gasteiger charge is -2.26. The molecule has 2 aliphatic heterocycles. The number of nitrogens with one attached hydrogen (secondary N) is 2. The van der Waals surface area contributed by atoms with Crippen LogP contribution in [0.2, 0.25) is 0 Å². The monoisotopic (exact) mass is 544 g/mol. The van der Waals surface area contributed by atoms with Gasteiger partial charge in [0, 0.05) is 56.5 Å². The number of hydrogen-bond donors (Lipinski definition) is 2. The van der Waals surface area contributed by atoms with Gasteiger partial charge in [0.1, 0.15) is 18.1 Å². The summed E-state index contributed by atoms with van der Waals surface area (Å²) in [4.78, 5) is 37.2. The fourth-order valence-corrected chi connectivity index (χ4v) is 5.15. The Bertz CT molecular complexity index is 1620. The molecule has 0 aliphatic carbocycles. The first-order valence-electron chi connectivity index (χ1n) is 13.4. The van der Waals surface area contributed by atoms with Gasteiger partial charge in [-0.1, -0.05) is 24.3 Å². The summed E-state index contributed by atoms with van der Waals surface area (Å²) in [6.45, 7) is 5.26. The number of H-pyrrole nitrogens is 1. The number of fused-ring (bicyclic) bond motifs is 2. The lowest BCUT2D eigenvalue weighted by Crippen LogP contribution is -2.38. The van der Waals surface area contributed by atoms with Crippen LogP contribution in [0.25, 0.3) is 10.8 Å². The van der Waals surface area contributed by atoms with Crippen LogP contribution in [0.1, 0.15) is 38.6 Å². The van der Waals surface area contributed by atoms with Gasteiger partial charge in [0.25, 0.3) is 5.56 Å². The van der Waals surface area contributed by atoms with Gasteiger partial charge in [-0.25, -0.2) is 9.49 Å². The molecule has 0 radical (unpaired) electrons. The third-order valence-electron chi connectivity index (χ3n) is 7.29. The van der Waals surface area contributed by atoms with E-state index in [1.54, 1.807) is 18.2 Å². The minimum atomic E-state index is -0.640. The van der Waals surface area contributed by atoms with Gasteiger partial charge in [-0.3, -0.25) is 14.5 Å². The van der Waals surface area contributed by atoms with Crippen LogP contribution in [-0.4, -0.2) is 76.8 Å². The highest BCUT2D eigenvalue weighted by atomic mass is 19.1. The zero-order valence-electron chi connectivity index (χ0n) is 21.9. The van der Waals surface area contributed by atoms with E-state index in [1.807, 2.05) is 12.1 Å². The largest absolute Gasteiger partial charge is 0.462 e. The van der Waals surface area contributed by atoms with Crippen LogP contribution < -0.4 is 15.6 Å². The fraction of sp³-hybridized carbons (Fsp3) is 0.345. The number of nitrogens with zero attached hydrogens (tertiary/aromatic N) is 4. The molecule has 0 bridgehead atoms. The Morgan fingerprint density at radius 1 is 1.10 bits per heavy atom. The Morgan fingerprint density at radius 2 is 1.93 bits per heavy atom. The molecule has 0 saturated carbocycles. The molecule has 4 heterocycles. The summed E-state index contributed by atoms with van der Waals surface area (Å²) in [6.07, 6.45) is 0.919. The molecule has 0 spiro atoms. The molecule has 2 N–H and O–H groups in total. The van der Waals surface area contributed by atoms with Crippen molar-refractivity contribution in [2.24, 2.45) is 0 Å². The molecule has 206 valence electrons. The SMILES string of the molecule is O=C(c1cc(Cc2n[nH]c(=O)c3ccccc23)ccc1F)c1nc(OCCN2CCOCC2)nc2c1CNCC2. The van der Waals surface area contributed by atoms with Gasteiger partial charge in [-0.15, -0.1) is 0 Å². The smallest absolute Gasteiger partial charge is 0.317 e. The molecule has 2 aliphatic rings. The summed E-state index contributed by atoms with van der Waals surface area (Å²) >= 11 is 0. The molecular formula is C29H29FN6O4. The average molecular weight is 545 g/mol.